The number of aliphatic hydroxyl groups is 1. The zero-order valence-electron chi connectivity index (χ0n) is 7.68. The van der Waals surface area contributed by atoms with Crippen molar-refractivity contribution in [1.82, 2.24) is 9.78 Å². The molecule has 1 aromatic rings. The average Bonchev–Trinajstić information content (AvgIpc) is 2.72. The lowest BCUT2D eigenvalue weighted by Gasteiger charge is -2.15. The predicted molar refractivity (Wildman–Crippen MR) is 47.1 cm³/mol. The molecule has 2 rings (SSSR count). The molecule has 0 radical (unpaired) electrons. The van der Waals surface area contributed by atoms with Crippen LogP contribution in [0.3, 0.4) is 0 Å². The lowest BCUT2D eigenvalue weighted by atomic mass is 10.1. The largest absolute Gasteiger partial charge is 0.386 e. The minimum atomic E-state index is -0.517. The van der Waals surface area contributed by atoms with Gasteiger partial charge in [0.05, 0.1) is 12.3 Å². The molecule has 13 heavy (non-hydrogen) atoms. The molecule has 1 aliphatic rings. The molecule has 4 heteroatoms. The van der Waals surface area contributed by atoms with Crippen LogP contribution >= 0.6 is 0 Å². The molecule has 2 heterocycles. The Morgan fingerprint density at radius 2 is 2.62 bits per heavy atom. The van der Waals surface area contributed by atoms with E-state index in [1.807, 2.05) is 13.2 Å². The summed E-state index contributed by atoms with van der Waals surface area (Å²) in [7, 11) is 1.84. The van der Waals surface area contributed by atoms with E-state index in [-0.39, 0.29) is 6.10 Å². The number of aromatic nitrogens is 2. The van der Waals surface area contributed by atoms with E-state index in [0.717, 1.165) is 25.0 Å². The van der Waals surface area contributed by atoms with Gasteiger partial charge >= 0.3 is 0 Å². The highest BCUT2D eigenvalue weighted by atomic mass is 16.5. The summed E-state index contributed by atoms with van der Waals surface area (Å²) in [6.07, 6.45) is 4.94. The van der Waals surface area contributed by atoms with Crippen molar-refractivity contribution in [1.29, 1.82) is 0 Å². The summed E-state index contributed by atoms with van der Waals surface area (Å²) in [6.45, 7) is 0.766. The van der Waals surface area contributed by atoms with E-state index >= 15 is 0 Å². The Balaban J connectivity index is 2.07. The first-order valence-corrected chi connectivity index (χ1v) is 4.55. The molecular formula is C9H14N2O2. The van der Waals surface area contributed by atoms with Gasteiger partial charge in [-0.05, 0) is 12.8 Å². The van der Waals surface area contributed by atoms with Gasteiger partial charge in [0.25, 0.3) is 0 Å². The van der Waals surface area contributed by atoms with Gasteiger partial charge in [0, 0.05) is 25.4 Å². The van der Waals surface area contributed by atoms with Gasteiger partial charge in [-0.15, -0.1) is 0 Å². The van der Waals surface area contributed by atoms with Crippen LogP contribution in [0.2, 0.25) is 0 Å². The number of rotatable bonds is 2. The second-order valence-corrected chi connectivity index (χ2v) is 3.44. The average molecular weight is 182 g/mol. The number of nitrogens with zero attached hydrogens (tertiary/aromatic N) is 2. The van der Waals surface area contributed by atoms with Crippen molar-refractivity contribution in [3.63, 3.8) is 0 Å². The van der Waals surface area contributed by atoms with Crippen molar-refractivity contribution in [2.45, 2.75) is 25.0 Å². The number of aryl methyl sites for hydroxylation is 1. The maximum Gasteiger partial charge on any atom is 0.108 e. The van der Waals surface area contributed by atoms with Gasteiger partial charge in [0.1, 0.15) is 6.10 Å². The molecule has 1 aliphatic heterocycles. The lowest BCUT2D eigenvalue weighted by Crippen LogP contribution is -2.16. The van der Waals surface area contributed by atoms with E-state index in [1.54, 1.807) is 10.9 Å². The van der Waals surface area contributed by atoms with Crippen LogP contribution in [0.5, 0.6) is 0 Å². The maximum absolute atomic E-state index is 9.86. The topological polar surface area (TPSA) is 47.3 Å². The highest BCUT2D eigenvalue weighted by Gasteiger charge is 2.25. The first-order valence-electron chi connectivity index (χ1n) is 4.55. The van der Waals surface area contributed by atoms with E-state index in [2.05, 4.69) is 5.10 Å². The Labute approximate surface area is 77.1 Å². The minimum absolute atomic E-state index is 0.0378. The van der Waals surface area contributed by atoms with Gasteiger partial charge < -0.3 is 9.84 Å². The molecule has 2 atom stereocenters. The highest BCUT2D eigenvalue weighted by Crippen LogP contribution is 2.25. The summed E-state index contributed by atoms with van der Waals surface area (Å²) >= 11 is 0. The number of aliphatic hydroxyl groups excluding tert-OH is 1. The quantitative estimate of drug-likeness (QED) is 0.729. The fourth-order valence-electron chi connectivity index (χ4n) is 1.66. The summed E-state index contributed by atoms with van der Waals surface area (Å²) in [5.74, 6) is 0. The Bertz CT molecular complexity index is 279. The number of ether oxygens (including phenoxy) is 1. The molecule has 2 unspecified atom stereocenters. The molecule has 1 fully saturated rings. The van der Waals surface area contributed by atoms with Crippen molar-refractivity contribution in [3.05, 3.63) is 18.0 Å². The summed E-state index contributed by atoms with van der Waals surface area (Å²) < 4.78 is 7.08. The fraction of sp³-hybridized carbons (Fsp3) is 0.667. The van der Waals surface area contributed by atoms with Crippen LogP contribution in [0.15, 0.2) is 12.4 Å². The van der Waals surface area contributed by atoms with E-state index in [4.69, 9.17) is 4.74 Å². The van der Waals surface area contributed by atoms with Crippen molar-refractivity contribution < 1.29 is 9.84 Å². The Morgan fingerprint density at radius 1 is 1.77 bits per heavy atom. The summed E-state index contributed by atoms with van der Waals surface area (Å²) in [6, 6.07) is 0. The molecule has 4 nitrogen and oxygen atoms in total. The zero-order valence-corrected chi connectivity index (χ0v) is 7.68. The van der Waals surface area contributed by atoms with Crippen LogP contribution in [0.25, 0.3) is 0 Å². The van der Waals surface area contributed by atoms with E-state index in [1.165, 1.54) is 0 Å². The molecule has 1 N–H and O–H groups in total. The van der Waals surface area contributed by atoms with Crippen LogP contribution < -0.4 is 0 Å². The molecular weight excluding hydrogens is 168 g/mol. The van der Waals surface area contributed by atoms with Crippen LogP contribution in [0.4, 0.5) is 0 Å². The van der Waals surface area contributed by atoms with Crippen LogP contribution in [0.1, 0.15) is 24.5 Å². The Morgan fingerprint density at radius 3 is 3.15 bits per heavy atom. The summed E-state index contributed by atoms with van der Waals surface area (Å²) in [4.78, 5) is 0. The molecule has 72 valence electrons. The van der Waals surface area contributed by atoms with E-state index in [0.29, 0.717) is 0 Å². The minimum Gasteiger partial charge on any atom is -0.386 e. The number of hydrogen-bond donors (Lipinski definition) is 1. The monoisotopic (exact) mass is 182 g/mol. The normalized spacial score (nSPS) is 24.9. The zero-order chi connectivity index (χ0) is 9.26. The third kappa shape index (κ3) is 1.73. The fourth-order valence-corrected chi connectivity index (χ4v) is 1.66. The first-order chi connectivity index (χ1) is 6.27. The first kappa shape index (κ1) is 8.72. The maximum atomic E-state index is 9.86. The predicted octanol–water partition coefficient (Wildman–Crippen LogP) is 0.632. The van der Waals surface area contributed by atoms with Crippen LogP contribution in [0, 0.1) is 0 Å². The Hall–Kier alpha value is -0.870. The summed E-state index contributed by atoms with van der Waals surface area (Å²) in [5.41, 5.74) is 0.842. The van der Waals surface area contributed by atoms with Crippen molar-refractivity contribution >= 4 is 0 Å². The smallest absolute Gasteiger partial charge is 0.108 e. The summed E-state index contributed by atoms with van der Waals surface area (Å²) in [5, 5.41) is 13.9. The second-order valence-electron chi connectivity index (χ2n) is 3.44. The van der Waals surface area contributed by atoms with Gasteiger partial charge in [-0.3, -0.25) is 4.68 Å². The van der Waals surface area contributed by atoms with Gasteiger partial charge in [0.15, 0.2) is 0 Å². The Kier molecular flexibility index (Phi) is 2.33. The molecule has 1 aromatic heterocycles. The molecule has 0 amide bonds. The third-order valence-corrected chi connectivity index (χ3v) is 2.38. The second kappa shape index (κ2) is 3.47. The molecule has 0 bridgehead atoms. The van der Waals surface area contributed by atoms with E-state index in [9.17, 15) is 5.11 Å². The molecule has 0 aliphatic carbocycles. The molecule has 0 spiro atoms. The van der Waals surface area contributed by atoms with Crippen molar-refractivity contribution in [2.24, 2.45) is 7.05 Å². The van der Waals surface area contributed by atoms with Crippen LogP contribution in [-0.2, 0) is 11.8 Å². The van der Waals surface area contributed by atoms with Crippen molar-refractivity contribution in [2.75, 3.05) is 6.61 Å². The lowest BCUT2D eigenvalue weighted by molar-refractivity contribution is -0.00261. The molecule has 0 saturated carbocycles. The van der Waals surface area contributed by atoms with Crippen molar-refractivity contribution in [3.8, 4) is 0 Å². The molecule has 1 saturated heterocycles. The third-order valence-electron chi connectivity index (χ3n) is 2.38. The van der Waals surface area contributed by atoms with Gasteiger partial charge in [0.2, 0.25) is 0 Å². The van der Waals surface area contributed by atoms with Gasteiger partial charge in [-0.2, -0.15) is 5.10 Å². The number of hydrogen-bond acceptors (Lipinski definition) is 3. The standard InChI is InChI=1S/C9H14N2O2/c1-11-6-7(5-10-11)9(12)8-3-2-4-13-8/h5-6,8-9,12H,2-4H2,1H3. The van der Waals surface area contributed by atoms with E-state index < -0.39 is 6.10 Å². The SMILES string of the molecule is Cn1cc(C(O)C2CCCO2)cn1. The van der Waals surface area contributed by atoms with Gasteiger partial charge in [-0.25, -0.2) is 0 Å². The molecule has 0 aromatic carbocycles. The highest BCUT2D eigenvalue weighted by molar-refractivity contribution is 5.09. The van der Waals surface area contributed by atoms with Crippen LogP contribution in [-0.4, -0.2) is 27.6 Å². The van der Waals surface area contributed by atoms with Gasteiger partial charge in [-0.1, -0.05) is 0 Å².